The molecule has 8 heteroatoms. The van der Waals surface area contributed by atoms with Crippen LogP contribution in [0.3, 0.4) is 0 Å². The van der Waals surface area contributed by atoms with E-state index >= 15 is 0 Å². The molecule has 1 atom stereocenters. The fourth-order valence-corrected chi connectivity index (χ4v) is 5.91. The Kier molecular flexibility index (Phi) is 6.44. The number of aromatic nitrogens is 2. The van der Waals surface area contributed by atoms with Crippen LogP contribution in [0.15, 0.2) is 46.9 Å². The molecule has 1 unspecified atom stereocenters. The van der Waals surface area contributed by atoms with Gasteiger partial charge in [-0.15, -0.1) is 0 Å². The smallest absolute Gasteiger partial charge is 0.240 e. The molecule has 0 bridgehead atoms. The molecule has 184 valence electrons. The zero-order valence-corrected chi connectivity index (χ0v) is 21.8. The van der Waals surface area contributed by atoms with Gasteiger partial charge in [0.2, 0.25) is 11.8 Å². The van der Waals surface area contributed by atoms with Crippen LogP contribution in [-0.4, -0.2) is 51.1 Å². The van der Waals surface area contributed by atoms with Crippen LogP contribution in [-0.2, 0) is 28.1 Å². The number of benzene rings is 2. The third-order valence-electron chi connectivity index (χ3n) is 7.32. The van der Waals surface area contributed by atoms with E-state index in [-0.39, 0.29) is 24.3 Å². The number of amides is 2. The van der Waals surface area contributed by atoms with Gasteiger partial charge in [-0.3, -0.25) is 9.59 Å². The average molecular weight is 539 g/mol. The SMILES string of the molecule is CC(C)C(=O)N1CCC2(C1)C(=O)N(Cc1nc3cc(Br)ccc3n1CCCCO)c1ccccc12. The number of hydrogen-bond acceptors (Lipinski definition) is 4. The lowest BCUT2D eigenvalue weighted by molar-refractivity contribution is -0.133. The van der Waals surface area contributed by atoms with Gasteiger partial charge in [0.05, 0.1) is 23.0 Å². The summed E-state index contributed by atoms with van der Waals surface area (Å²) in [6.45, 7) is 6.07. The van der Waals surface area contributed by atoms with Crippen molar-refractivity contribution in [1.29, 1.82) is 0 Å². The number of fused-ring (bicyclic) bond motifs is 3. The lowest BCUT2D eigenvalue weighted by atomic mass is 9.81. The van der Waals surface area contributed by atoms with Crippen molar-refractivity contribution in [2.24, 2.45) is 5.92 Å². The van der Waals surface area contributed by atoms with Crippen LogP contribution >= 0.6 is 15.9 Å². The quantitative estimate of drug-likeness (QED) is 0.456. The summed E-state index contributed by atoms with van der Waals surface area (Å²) in [5.41, 5.74) is 3.12. The fourth-order valence-electron chi connectivity index (χ4n) is 5.56. The molecule has 2 aliphatic heterocycles. The summed E-state index contributed by atoms with van der Waals surface area (Å²) in [4.78, 5) is 35.4. The molecular formula is C27H31BrN4O3. The highest BCUT2D eigenvalue weighted by atomic mass is 79.9. The average Bonchev–Trinajstić information content (AvgIpc) is 3.50. The number of aliphatic hydroxyl groups is 1. The van der Waals surface area contributed by atoms with Gasteiger partial charge in [0, 0.05) is 42.3 Å². The third kappa shape index (κ3) is 4.06. The standard InChI is InChI=1S/C27H31BrN4O3/c1-18(2)25(34)30-13-11-27(17-30)20-7-3-4-8-22(20)32(26(27)35)16-24-29-21-15-19(28)9-10-23(21)31(24)12-5-6-14-33/h3-4,7-10,15,18,33H,5-6,11-14,16-17H2,1-2H3. The lowest BCUT2D eigenvalue weighted by Gasteiger charge is -2.25. The minimum atomic E-state index is -0.697. The zero-order valence-electron chi connectivity index (χ0n) is 20.2. The van der Waals surface area contributed by atoms with Gasteiger partial charge in [-0.05, 0) is 49.1 Å². The topological polar surface area (TPSA) is 78.7 Å². The number of para-hydroxylation sites is 1. The molecule has 0 radical (unpaired) electrons. The van der Waals surface area contributed by atoms with Gasteiger partial charge in [0.25, 0.3) is 0 Å². The molecule has 2 aliphatic rings. The molecule has 0 aliphatic carbocycles. The number of carbonyl (C=O) groups excluding carboxylic acids is 2. The van der Waals surface area contributed by atoms with E-state index in [1.165, 1.54) is 0 Å². The number of imidazole rings is 1. The van der Waals surface area contributed by atoms with Crippen molar-refractivity contribution in [2.75, 3.05) is 24.6 Å². The first-order valence-corrected chi connectivity index (χ1v) is 13.1. The Morgan fingerprint density at radius 3 is 2.77 bits per heavy atom. The zero-order chi connectivity index (χ0) is 24.7. The molecule has 3 heterocycles. The summed E-state index contributed by atoms with van der Waals surface area (Å²) >= 11 is 3.54. The number of likely N-dealkylation sites (tertiary alicyclic amines) is 1. The molecule has 1 spiro atoms. The highest BCUT2D eigenvalue weighted by molar-refractivity contribution is 9.10. The van der Waals surface area contributed by atoms with Crippen LogP contribution in [0.4, 0.5) is 5.69 Å². The van der Waals surface area contributed by atoms with Crippen molar-refractivity contribution >= 4 is 44.5 Å². The first kappa shape index (κ1) is 24.0. The second-order valence-electron chi connectivity index (χ2n) is 9.90. The fraction of sp³-hybridized carbons (Fsp3) is 0.444. The lowest BCUT2D eigenvalue weighted by Crippen LogP contribution is -2.43. The summed E-state index contributed by atoms with van der Waals surface area (Å²) in [6, 6.07) is 14.0. The molecule has 35 heavy (non-hydrogen) atoms. The number of aliphatic hydroxyl groups excluding tert-OH is 1. The first-order chi connectivity index (χ1) is 16.9. The monoisotopic (exact) mass is 538 g/mol. The number of nitrogens with zero attached hydrogens (tertiary/aromatic N) is 4. The van der Waals surface area contributed by atoms with E-state index in [1.54, 1.807) is 0 Å². The summed E-state index contributed by atoms with van der Waals surface area (Å²) in [6.07, 6.45) is 2.17. The van der Waals surface area contributed by atoms with E-state index in [0.717, 1.165) is 45.5 Å². The highest BCUT2D eigenvalue weighted by Crippen LogP contribution is 2.48. The minimum absolute atomic E-state index is 0.0490. The van der Waals surface area contributed by atoms with E-state index in [2.05, 4.69) is 20.5 Å². The molecule has 2 aromatic carbocycles. The molecule has 1 saturated heterocycles. The Labute approximate surface area is 213 Å². The van der Waals surface area contributed by atoms with Crippen LogP contribution in [0.1, 0.15) is 44.5 Å². The molecule has 1 aromatic heterocycles. The molecule has 5 rings (SSSR count). The van der Waals surface area contributed by atoms with E-state index < -0.39 is 5.41 Å². The molecule has 7 nitrogen and oxygen atoms in total. The highest BCUT2D eigenvalue weighted by Gasteiger charge is 2.55. The summed E-state index contributed by atoms with van der Waals surface area (Å²) in [5, 5.41) is 9.29. The summed E-state index contributed by atoms with van der Waals surface area (Å²) in [5.74, 6) is 0.880. The van der Waals surface area contributed by atoms with E-state index in [1.807, 2.05) is 66.1 Å². The van der Waals surface area contributed by atoms with Crippen LogP contribution in [0, 0.1) is 5.92 Å². The van der Waals surface area contributed by atoms with Crippen molar-refractivity contribution in [3.8, 4) is 0 Å². The first-order valence-electron chi connectivity index (χ1n) is 12.3. The minimum Gasteiger partial charge on any atom is -0.396 e. The Balaban J connectivity index is 1.51. The number of rotatable bonds is 7. The number of hydrogen-bond donors (Lipinski definition) is 1. The van der Waals surface area contributed by atoms with Crippen molar-refractivity contribution < 1.29 is 14.7 Å². The van der Waals surface area contributed by atoms with Gasteiger partial charge in [0.1, 0.15) is 5.82 Å². The maximum absolute atomic E-state index is 14.1. The Morgan fingerprint density at radius 2 is 2.00 bits per heavy atom. The number of aryl methyl sites for hydroxylation is 1. The number of unbranched alkanes of at least 4 members (excludes halogenated alkanes) is 1. The molecule has 3 aromatic rings. The molecule has 2 amide bonds. The predicted molar refractivity (Wildman–Crippen MR) is 139 cm³/mol. The van der Waals surface area contributed by atoms with Crippen molar-refractivity contribution in [3.05, 3.63) is 58.3 Å². The Bertz CT molecular complexity index is 1290. The van der Waals surface area contributed by atoms with Gasteiger partial charge >= 0.3 is 0 Å². The van der Waals surface area contributed by atoms with E-state index in [4.69, 9.17) is 4.98 Å². The molecule has 1 N–H and O–H groups in total. The van der Waals surface area contributed by atoms with E-state index in [0.29, 0.717) is 32.5 Å². The second kappa shape index (κ2) is 9.39. The maximum atomic E-state index is 14.1. The third-order valence-corrected chi connectivity index (χ3v) is 7.81. The van der Waals surface area contributed by atoms with Crippen LogP contribution in [0.5, 0.6) is 0 Å². The number of halogens is 1. The predicted octanol–water partition coefficient (Wildman–Crippen LogP) is 4.24. The number of carbonyl (C=O) groups is 2. The van der Waals surface area contributed by atoms with Crippen molar-refractivity contribution in [1.82, 2.24) is 14.5 Å². The molecule has 0 saturated carbocycles. The van der Waals surface area contributed by atoms with Gasteiger partial charge in [0.15, 0.2) is 0 Å². The van der Waals surface area contributed by atoms with Crippen molar-refractivity contribution in [2.45, 2.75) is 51.6 Å². The summed E-state index contributed by atoms with van der Waals surface area (Å²) in [7, 11) is 0. The molecule has 1 fully saturated rings. The van der Waals surface area contributed by atoms with E-state index in [9.17, 15) is 14.7 Å². The van der Waals surface area contributed by atoms with Crippen LogP contribution < -0.4 is 4.90 Å². The van der Waals surface area contributed by atoms with Crippen LogP contribution in [0.2, 0.25) is 0 Å². The summed E-state index contributed by atoms with van der Waals surface area (Å²) < 4.78 is 3.13. The van der Waals surface area contributed by atoms with Gasteiger partial charge in [-0.25, -0.2) is 4.98 Å². The molecular weight excluding hydrogens is 508 g/mol. The van der Waals surface area contributed by atoms with Crippen LogP contribution in [0.25, 0.3) is 11.0 Å². The maximum Gasteiger partial charge on any atom is 0.240 e. The second-order valence-corrected chi connectivity index (χ2v) is 10.8. The van der Waals surface area contributed by atoms with Gasteiger partial charge in [-0.1, -0.05) is 48.0 Å². The van der Waals surface area contributed by atoms with Gasteiger partial charge in [-0.2, -0.15) is 0 Å². The Hall–Kier alpha value is -2.71. The van der Waals surface area contributed by atoms with Gasteiger partial charge < -0.3 is 19.5 Å². The van der Waals surface area contributed by atoms with Crippen molar-refractivity contribution in [3.63, 3.8) is 0 Å². The number of anilines is 1. The normalized spacial score (nSPS) is 19.5. The largest absolute Gasteiger partial charge is 0.396 e. The Morgan fingerprint density at radius 1 is 1.20 bits per heavy atom.